The molecule has 2 amide bonds. The second-order valence-corrected chi connectivity index (χ2v) is 8.36. The minimum atomic E-state index is -0.216. The number of methoxy groups -OCH3 is 3. The molecule has 0 unspecified atom stereocenters. The first-order chi connectivity index (χ1) is 17.0. The normalized spacial score (nSPS) is 15.0. The molecule has 35 heavy (non-hydrogen) atoms. The maximum absolute atomic E-state index is 13.2. The number of para-hydroxylation sites is 1. The van der Waals surface area contributed by atoms with Crippen LogP contribution < -0.4 is 19.5 Å². The van der Waals surface area contributed by atoms with Crippen LogP contribution in [0.2, 0.25) is 0 Å². The summed E-state index contributed by atoms with van der Waals surface area (Å²) in [5, 5.41) is 7.23. The Morgan fingerprint density at radius 3 is 2.49 bits per heavy atom. The van der Waals surface area contributed by atoms with E-state index in [1.54, 1.807) is 38.4 Å². The fourth-order valence-electron chi connectivity index (χ4n) is 4.10. The van der Waals surface area contributed by atoms with Gasteiger partial charge in [-0.25, -0.2) is 4.79 Å². The molecule has 1 N–H and O–H groups in total. The molecule has 4 rings (SSSR count). The topological polar surface area (TPSA) is 95.3 Å². The van der Waals surface area contributed by atoms with Crippen LogP contribution in [0.15, 0.2) is 47.0 Å². The van der Waals surface area contributed by atoms with Crippen molar-refractivity contribution in [1.82, 2.24) is 10.1 Å². The average Bonchev–Trinajstić information content (AvgIpc) is 3.56. The van der Waals surface area contributed by atoms with Crippen LogP contribution in [0.5, 0.6) is 17.2 Å². The van der Waals surface area contributed by atoms with Gasteiger partial charge < -0.3 is 33.7 Å². The maximum atomic E-state index is 13.2. The number of anilines is 1. The highest BCUT2D eigenvalue weighted by atomic mass is 16.5. The molecule has 0 spiro atoms. The van der Waals surface area contributed by atoms with E-state index < -0.39 is 0 Å². The number of benzene rings is 2. The van der Waals surface area contributed by atoms with E-state index in [0.717, 1.165) is 24.1 Å². The molecule has 2 aromatic carbocycles. The van der Waals surface area contributed by atoms with Gasteiger partial charge in [0.2, 0.25) is 5.75 Å². The number of amides is 2. The largest absolute Gasteiger partial charge is 0.493 e. The molecule has 3 aromatic rings. The maximum Gasteiger partial charge on any atom is 0.322 e. The predicted molar refractivity (Wildman–Crippen MR) is 131 cm³/mol. The zero-order valence-corrected chi connectivity index (χ0v) is 20.5. The second kappa shape index (κ2) is 11.1. The summed E-state index contributed by atoms with van der Waals surface area (Å²) < 4.78 is 27.7. The Balaban J connectivity index is 1.56. The van der Waals surface area contributed by atoms with Crippen LogP contribution >= 0.6 is 0 Å². The average molecular weight is 482 g/mol. The van der Waals surface area contributed by atoms with Crippen molar-refractivity contribution in [3.8, 4) is 28.6 Å². The van der Waals surface area contributed by atoms with Gasteiger partial charge in [0, 0.05) is 30.5 Å². The Kier molecular flexibility index (Phi) is 7.77. The van der Waals surface area contributed by atoms with Gasteiger partial charge in [-0.05, 0) is 43.5 Å². The highest BCUT2D eigenvalue weighted by Crippen LogP contribution is 2.41. The summed E-state index contributed by atoms with van der Waals surface area (Å²) >= 11 is 0. The van der Waals surface area contributed by atoms with Crippen LogP contribution in [0.25, 0.3) is 11.3 Å². The van der Waals surface area contributed by atoms with Crippen molar-refractivity contribution in [2.75, 3.05) is 39.8 Å². The molecular formula is C26H31N3O6. The van der Waals surface area contributed by atoms with E-state index in [4.69, 9.17) is 23.5 Å². The van der Waals surface area contributed by atoms with Crippen LogP contribution in [-0.4, -0.2) is 56.7 Å². The number of urea groups is 1. The zero-order chi connectivity index (χ0) is 24.8. The van der Waals surface area contributed by atoms with Gasteiger partial charge >= 0.3 is 6.03 Å². The molecule has 9 nitrogen and oxygen atoms in total. The number of rotatable bonds is 9. The van der Waals surface area contributed by atoms with E-state index in [1.807, 2.05) is 37.3 Å². The van der Waals surface area contributed by atoms with Crippen molar-refractivity contribution in [2.45, 2.75) is 32.4 Å². The first-order valence-electron chi connectivity index (χ1n) is 11.5. The molecule has 1 aliphatic rings. The van der Waals surface area contributed by atoms with Crippen LogP contribution in [0, 0.1) is 6.92 Å². The van der Waals surface area contributed by atoms with Gasteiger partial charge in [-0.3, -0.25) is 0 Å². The molecule has 9 heteroatoms. The predicted octanol–water partition coefficient (Wildman–Crippen LogP) is 4.89. The smallest absolute Gasteiger partial charge is 0.322 e. The van der Waals surface area contributed by atoms with Crippen molar-refractivity contribution in [1.29, 1.82) is 0 Å². The Hall–Kier alpha value is -3.72. The highest BCUT2D eigenvalue weighted by molar-refractivity contribution is 5.90. The van der Waals surface area contributed by atoms with Crippen LogP contribution in [0.1, 0.15) is 24.1 Å². The van der Waals surface area contributed by atoms with Gasteiger partial charge in [-0.15, -0.1) is 0 Å². The molecule has 186 valence electrons. The summed E-state index contributed by atoms with van der Waals surface area (Å²) in [6.07, 6.45) is 1.91. The lowest BCUT2D eigenvalue weighted by molar-refractivity contribution is 0.0814. The number of hydrogen-bond acceptors (Lipinski definition) is 7. The third-order valence-corrected chi connectivity index (χ3v) is 5.98. The number of carbonyl (C=O) groups is 1. The van der Waals surface area contributed by atoms with E-state index >= 15 is 0 Å². The monoisotopic (exact) mass is 481 g/mol. The molecule has 2 heterocycles. The van der Waals surface area contributed by atoms with E-state index in [-0.39, 0.29) is 18.7 Å². The quantitative estimate of drug-likeness (QED) is 0.465. The number of ether oxygens (including phenoxy) is 4. The van der Waals surface area contributed by atoms with E-state index in [1.165, 1.54) is 0 Å². The summed E-state index contributed by atoms with van der Waals surface area (Å²) in [5.41, 5.74) is 3.09. The summed E-state index contributed by atoms with van der Waals surface area (Å²) in [7, 11) is 4.67. The fourth-order valence-corrected chi connectivity index (χ4v) is 4.10. The molecular weight excluding hydrogens is 450 g/mol. The molecule has 1 saturated heterocycles. The third kappa shape index (κ3) is 5.68. The first kappa shape index (κ1) is 24.4. The SMILES string of the molecule is COc1cc(-c2cc(CN(C[C@@H]3CCCO3)C(=O)Nc3ccccc3C)no2)cc(OC)c1OC. The van der Waals surface area contributed by atoms with Gasteiger partial charge in [0.05, 0.1) is 34.0 Å². The Labute approximate surface area is 204 Å². The van der Waals surface area contributed by atoms with Crippen molar-refractivity contribution in [3.05, 3.63) is 53.7 Å². The summed E-state index contributed by atoms with van der Waals surface area (Å²) in [4.78, 5) is 14.9. The van der Waals surface area contributed by atoms with Gasteiger partial charge in [-0.1, -0.05) is 23.4 Å². The van der Waals surface area contributed by atoms with Gasteiger partial charge in [-0.2, -0.15) is 0 Å². The lowest BCUT2D eigenvalue weighted by Crippen LogP contribution is -2.39. The van der Waals surface area contributed by atoms with Crippen LogP contribution in [0.3, 0.4) is 0 Å². The molecule has 0 saturated carbocycles. The van der Waals surface area contributed by atoms with Crippen LogP contribution in [0.4, 0.5) is 10.5 Å². The number of aromatic nitrogens is 1. The Bertz CT molecular complexity index is 1130. The summed E-state index contributed by atoms with van der Waals surface area (Å²) in [5.74, 6) is 2.04. The minimum Gasteiger partial charge on any atom is -0.493 e. The zero-order valence-electron chi connectivity index (χ0n) is 20.5. The molecule has 1 aromatic heterocycles. The molecule has 1 fully saturated rings. The molecule has 0 bridgehead atoms. The fraction of sp³-hybridized carbons (Fsp3) is 0.385. The van der Waals surface area contributed by atoms with E-state index in [0.29, 0.717) is 47.4 Å². The Morgan fingerprint density at radius 1 is 1.11 bits per heavy atom. The van der Waals surface area contributed by atoms with Gasteiger partial charge in [0.15, 0.2) is 17.3 Å². The number of hydrogen-bond donors (Lipinski definition) is 1. The van der Waals surface area contributed by atoms with Crippen molar-refractivity contribution < 1.29 is 28.3 Å². The lowest BCUT2D eigenvalue weighted by Gasteiger charge is -2.25. The Morgan fingerprint density at radius 2 is 1.86 bits per heavy atom. The minimum absolute atomic E-state index is 0.000831. The molecule has 1 atom stereocenters. The second-order valence-electron chi connectivity index (χ2n) is 8.36. The van der Waals surface area contributed by atoms with E-state index in [2.05, 4.69) is 10.5 Å². The van der Waals surface area contributed by atoms with E-state index in [9.17, 15) is 4.79 Å². The molecule has 1 aliphatic heterocycles. The number of carbonyl (C=O) groups excluding carboxylic acids is 1. The summed E-state index contributed by atoms with van der Waals surface area (Å²) in [6.45, 7) is 3.41. The van der Waals surface area contributed by atoms with Crippen LogP contribution in [-0.2, 0) is 11.3 Å². The van der Waals surface area contributed by atoms with Crippen molar-refractivity contribution in [2.24, 2.45) is 0 Å². The third-order valence-electron chi connectivity index (χ3n) is 5.98. The summed E-state index contributed by atoms with van der Waals surface area (Å²) in [6, 6.07) is 12.9. The standard InChI is InChI=1S/C26H31N3O6/c1-17-8-5-6-10-21(17)27-26(30)29(16-20-9-7-11-34-20)15-19-14-22(35-28-19)18-12-23(31-2)25(33-4)24(13-18)32-3/h5-6,8,10,12-14,20H,7,9,11,15-16H2,1-4H3,(H,27,30)/t20-/m0/s1. The van der Waals surface area contributed by atoms with Gasteiger partial charge in [0.1, 0.15) is 5.69 Å². The highest BCUT2D eigenvalue weighted by Gasteiger charge is 2.25. The lowest BCUT2D eigenvalue weighted by atomic mass is 10.1. The number of nitrogens with zero attached hydrogens (tertiary/aromatic N) is 2. The number of aryl methyl sites for hydroxylation is 1. The molecule has 0 aliphatic carbocycles. The first-order valence-corrected chi connectivity index (χ1v) is 11.5. The van der Waals surface area contributed by atoms with Crippen molar-refractivity contribution >= 4 is 11.7 Å². The van der Waals surface area contributed by atoms with Crippen molar-refractivity contribution in [3.63, 3.8) is 0 Å². The number of nitrogens with one attached hydrogen (secondary N) is 1. The molecule has 0 radical (unpaired) electrons. The van der Waals surface area contributed by atoms with Gasteiger partial charge in [0.25, 0.3) is 0 Å².